The molecule has 0 aliphatic heterocycles. The molecule has 0 saturated heterocycles. The van der Waals surface area contributed by atoms with E-state index < -0.39 is 5.56 Å². The molecule has 98 valence electrons. The lowest BCUT2D eigenvalue weighted by molar-refractivity contribution is 0.416. The van der Waals surface area contributed by atoms with Crippen molar-refractivity contribution in [2.24, 2.45) is 0 Å². The summed E-state index contributed by atoms with van der Waals surface area (Å²) in [6.07, 6.45) is 0. The third kappa shape index (κ3) is 2.25. The Labute approximate surface area is 115 Å². The maximum atomic E-state index is 12.1. The number of hydrogen-bond donors (Lipinski definition) is 0. The lowest BCUT2D eigenvalue weighted by Gasteiger charge is -2.13. The van der Waals surface area contributed by atoms with Crippen LogP contribution in [0.5, 0.6) is 5.75 Å². The number of aromatic nitrogens is 1. The highest BCUT2D eigenvalue weighted by Crippen LogP contribution is 2.28. The van der Waals surface area contributed by atoms with Crippen LogP contribution in [0.3, 0.4) is 0 Å². The highest BCUT2D eigenvalue weighted by atomic mass is 16.5. The van der Waals surface area contributed by atoms with Crippen molar-refractivity contribution in [2.75, 3.05) is 7.11 Å². The van der Waals surface area contributed by atoms with Crippen molar-refractivity contribution in [3.05, 3.63) is 52.3 Å². The minimum absolute atomic E-state index is 0.0129. The maximum Gasteiger partial charge on any atom is 0.269 e. The molecule has 0 fully saturated rings. The van der Waals surface area contributed by atoms with Gasteiger partial charge in [0.2, 0.25) is 0 Å². The van der Waals surface area contributed by atoms with Gasteiger partial charge in [0, 0.05) is 5.56 Å². The lowest BCUT2D eigenvalue weighted by Crippen LogP contribution is -2.23. The van der Waals surface area contributed by atoms with Gasteiger partial charge in [-0.1, -0.05) is 12.1 Å². The van der Waals surface area contributed by atoms with E-state index in [1.54, 1.807) is 18.2 Å². The molecule has 20 heavy (non-hydrogen) atoms. The zero-order valence-corrected chi connectivity index (χ0v) is 10.8. The van der Waals surface area contributed by atoms with Gasteiger partial charge >= 0.3 is 0 Å². The molecule has 1 aromatic carbocycles. The van der Waals surface area contributed by atoms with E-state index in [0.717, 1.165) is 0 Å². The van der Waals surface area contributed by atoms with Gasteiger partial charge in [-0.05, 0) is 24.3 Å². The molecule has 0 bridgehead atoms. The van der Waals surface area contributed by atoms with Crippen LogP contribution in [0.1, 0.15) is 5.56 Å². The molecule has 0 amide bonds. The zero-order valence-electron chi connectivity index (χ0n) is 10.8. The summed E-state index contributed by atoms with van der Waals surface area (Å²) in [5, 5.41) is 17.8. The number of para-hydroxylation sites is 1. The number of ether oxygens (including phenoxy) is 1. The van der Waals surface area contributed by atoms with Gasteiger partial charge in [-0.15, -0.1) is 0 Å². The molecule has 0 spiro atoms. The lowest BCUT2D eigenvalue weighted by atomic mass is 10.1. The zero-order chi connectivity index (χ0) is 14.5. The Morgan fingerprint density at radius 2 is 1.95 bits per heavy atom. The second-order valence-electron chi connectivity index (χ2n) is 3.99. The molecule has 0 atom stereocenters. The normalized spacial score (nSPS) is 9.55. The fraction of sp³-hybridized carbons (Fsp3) is 0.133. The Bertz CT molecular complexity index is 779. The average molecular weight is 265 g/mol. The van der Waals surface area contributed by atoms with Crippen LogP contribution in [0.4, 0.5) is 0 Å². The fourth-order valence-electron chi connectivity index (χ4n) is 1.98. The third-order valence-corrected chi connectivity index (χ3v) is 2.91. The second kappa shape index (κ2) is 5.73. The SMILES string of the molecule is COc1ccccc1-c1ccc(C#N)c(=O)n1CC#N. The van der Waals surface area contributed by atoms with Crippen molar-refractivity contribution in [1.29, 1.82) is 10.5 Å². The van der Waals surface area contributed by atoms with E-state index in [4.69, 9.17) is 15.3 Å². The molecular formula is C15H11N3O2. The summed E-state index contributed by atoms with van der Waals surface area (Å²) in [6, 6.07) is 14.1. The first-order valence-electron chi connectivity index (χ1n) is 5.87. The first-order valence-corrected chi connectivity index (χ1v) is 5.87. The number of hydrogen-bond acceptors (Lipinski definition) is 4. The van der Waals surface area contributed by atoms with Crippen LogP contribution in [-0.2, 0) is 6.54 Å². The highest BCUT2D eigenvalue weighted by molar-refractivity contribution is 5.68. The standard InChI is InChI=1S/C15H11N3O2/c1-20-14-5-3-2-4-12(14)13-7-6-11(10-17)15(19)18(13)9-8-16/h2-7H,9H2,1H3. The van der Waals surface area contributed by atoms with Crippen LogP contribution in [0.2, 0.25) is 0 Å². The molecule has 0 radical (unpaired) electrons. The Balaban J connectivity index is 2.76. The minimum Gasteiger partial charge on any atom is -0.496 e. The van der Waals surface area contributed by atoms with Gasteiger partial charge < -0.3 is 4.74 Å². The van der Waals surface area contributed by atoms with Crippen LogP contribution in [0.15, 0.2) is 41.2 Å². The molecule has 0 saturated carbocycles. The van der Waals surface area contributed by atoms with Crippen LogP contribution >= 0.6 is 0 Å². The number of rotatable bonds is 3. The van der Waals surface area contributed by atoms with Gasteiger partial charge in [-0.2, -0.15) is 10.5 Å². The molecule has 2 rings (SSSR count). The predicted octanol–water partition coefficient (Wildman–Crippen LogP) is 1.92. The van der Waals surface area contributed by atoms with E-state index in [-0.39, 0.29) is 12.1 Å². The van der Waals surface area contributed by atoms with Crippen LogP contribution in [-0.4, -0.2) is 11.7 Å². The average Bonchev–Trinajstić information content (AvgIpc) is 2.49. The van der Waals surface area contributed by atoms with Crippen molar-refractivity contribution < 1.29 is 4.74 Å². The van der Waals surface area contributed by atoms with Gasteiger partial charge in [-0.3, -0.25) is 9.36 Å². The molecule has 0 unspecified atom stereocenters. The number of nitrogens with zero attached hydrogens (tertiary/aromatic N) is 3. The summed E-state index contributed by atoms with van der Waals surface area (Å²) in [5.74, 6) is 0.600. The van der Waals surface area contributed by atoms with Crippen molar-refractivity contribution >= 4 is 0 Å². The molecule has 1 aromatic heterocycles. The largest absolute Gasteiger partial charge is 0.496 e. The Morgan fingerprint density at radius 1 is 1.20 bits per heavy atom. The van der Waals surface area contributed by atoms with E-state index in [9.17, 15) is 4.79 Å². The van der Waals surface area contributed by atoms with E-state index in [0.29, 0.717) is 17.0 Å². The van der Waals surface area contributed by atoms with Gasteiger partial charge in [0.15, 0.2) is 0 Å². The highest BCUT2D eigenvalue weighted by Gasteiger charge is 2.13. The molecule has 0 aliphatic rings. The number of pyridine rings is 1. The van der Waals surface area contributed by atoms with Crippen molar-refractivity contribution in [2.45, 2.75) is 6.54 Å². The summed E-state index contributed by atoms with van der Waals surface area (Å²) >= 11 is 0. The second-order valence-corrected chi connectivity index (χ2v) is 3.99. The van der Waals surface area contributed by atoms with E-state index in [1.807, 2.05) is 24.3 Å². The van der Waals surface area contributed by atoms with Crippen molar-refractivity contribution in [3.8, 4) is 29.1 Å². The van der Waals surface area contributed by atoms with Crippen molar-refractivity contribution in [3.63, 3.8) is 0 Å². The monoisotopic (exact) mass is 265 g/mol. The van der Waals surface area contributed by atoms with Gasteiger partial charge in [0.1, 0.15) is 23.9 Å². The van der Waals surface area contributed by atoms with E-state index in [1.165, 1.54) is 17.7 Å². The fourth-order valence-corrected chi connectivity index (χ4v) is 1.98. The Hall–Kier alpha value is -3.05. The Kier molecular flexibility index (Phi) is 3.83. The summed E-state index contributed by atoms with van der Waals surface area (Å²) in [7, 11) is 1.54. The topological polar surface area (TPSA) is 78.8 Å². The van der Waals surface area contributed by atoms with Crippen LogP contribution < -0.4 is 10.3 Å². The minimum atomic E-state index is -0.475. The third-order valence-electron chi connectivity index (χ3n) is 2.91. The predicted molar refractivity (Wildman–Crippen MR) is 73.0 cm³/mol. The number of methoxy groups -OCH3 is 1. The molecule has 1 heterocycles. The summed E-state index contributed by atoms with van der Waals surface area (Å²) in [5.41, 5.74) is 0.788. The summed E-state index contributed by atoms with van der Waals surface area (Å²) < 4.78 is 6.54. The van der Waals surface area contributed by atoms with Gasteiger partial charge in [0.05, 0.1) is 18.9 Å². The maximum absolute atomic E-state index is 12.1. The molecular weight excluding hydrogens is 254 g/mol. The van der Waals surface area contributed by atoms with Gasteiger partial charge in [0.25, 0.3) is 5.56 Å². The molecule has 5 nitrogen and oxygen atoms in total. The number of benzene rings is 1. The van der Waals surface area contributed by atoms with E-state index in [2.05, 4.69) is 0 Å². The smallest absolute Gasteiger partial charge is 0.269 e. The van der Waals surface area contributed by atoms with Crippen molar-refractivity contribution in [1.82, 2.24) is 4.57 Å². The molecule has 0 aliphatic carbocycles. The molecule has 0 N–H and O–H groups in total. The number of nitriles is 2. The first-order chi connectivity index (χ1) is 9.72. The summed E-state index contributed by atoms with van der Waals surface area (Å²) in [6.45, 7) is -0.123. The molecule has 5 heteroatoms. The Morgan fingerprint density at radius 3 is 2.60 bits per heavy atom. The first kappa shape index (κ1) is 13.4. The summed E-state index contributed by atoms with van der Waals surface area (Å²) in [4.78, 5) is 12.1. The van der Waals surface area contributed by atoms with Crippen LogP contribution in [0, 0.1) is 22.7 Å². The van der Waals surface area contributed by atoms with Crippen LogP contribution in [0.25, 0.3) is 11.3 Å². The van der Waals surface area contributed by atoms with E-state index >= 15 is 0 Å². The molecule has 2 aromatic rings. The van der Waals surface area contributed by atoms with Gasteiger partial charge in [-0.25, -0.2) is 0 Å². The quantitative estimate of drug-likeness (QED) is 0.849.